The molecule has 2 unspecified atom stereocenters. The Morgan fingerprint density at radius 1 is 1.48 bits per heavy atom. The van der Waals surface area contributed by atoms with Gasteiger partial charge in [0.25, 0.3) is 0 Å². The summed E-state index contributed by atoms with van der Waals surface area (Å²) in [4.78, 5) is 22.9. The summed E-state index contributed by atoms with van der Waals surface area (Å²) in [5.41, 5.74) is -1.19. The van der Waals surface area contributed by atoms with E-state index in [2.05, 4.69) is 10.4 Å². The van der Waals surface area contributed by atoms with Crippen LogP contribution in [0.3, 0.4) is 0 Å². The molecule has 1 heterocycles. The molecule has 0 spiro atoms. The second kappa shape index (κ2) is 7.08. The number of hydrogen-bond acceptors (Lipinski definition) is 5. The average Bonchev–Trinajstić information content (AvgIpc) is 2.91. The van der Waals surface area contributed by atoms with E-state index in [0.29, 0.717) is 0 Å². The maximum absolute atomic E-state index is 12.7. The summed E-state index contributed by atoms with van der Waals surface area (Å²) in [6, 6.07) is -0.0696. The van der Waals surface area contributed by atoms with Gasteiger partial charge in [-0.1, -0.05) is 19.3 Å². The molecule has 1 aromatic heterocycles. The summed E-state index contributed by atoms with van der Waals surface area (Å²) in [5, 5.41) is 27.3. The molecule has 8 nitrogen and oxygen atoms in total. The minimum Gasteiger partial charge on any atom is -0.396 e. The van der Waals surface area contributed by atoms with Gasteiger partial charge in [-0.15, -0.1) is 0 Å². The molecule has 1 fully saturated rings. The molecule has 1 amide bonds. The van der Waals surface area contributed by atoms with E-state index >= 15 is 0 Å². The fraction of sp³-hybridized carbons (Fsp3) is 0.733. The first-order valence-electron chi connectivity index (χ1n) is 7.97. The van der Waals surface area contributed by atoms with E-state index in [1.807, 2.05) is 0 Å². The van der Waals surface area contributed by atoms with Crippen molar-refractivity contribution in [2.75, 3.05) is 6.61 Å². The fourth-order valence-corrected chi connectivity index (χ4v) is 2.96. The lowest BCUT2D eigenvalue weighted by atomic mass is 9.94. The zero-order valence-corrected chi connectivity index (χ0v) is 13.6. The standard InChI is InChI=1S/C15H24N4O4/c1-15(2,18-9-12(8-16-18)19(22)23)14(21)17-13-7-5-3-4-6-11(13)10-20/h8-9,11,13,20H,3-7,10H2,1-2H3,(H,17,21). The summed E-state index contributed by atoms with van der Waals surface area (Å²) >= 11 is 0. The first-order chi connectivity index (χ1) is 10.9. The van der Waals surface area contributed by atoms with Gasteiger partial charge in [-0.05, 0) is 26.7 Å². The molecule has 8 heteroatoms. The number of nitrogens with one attached hydrogen (secondary N) is 1. The van der Waals surface area contributed by atoms with E-state index in [-0.39, 0.29) is 30.2 Å². The van der Waals surface area contributed by atoms with Crippen molar-refractivity contribution in [3.63, 3.8) is 0 Å². The molecule has 1 saturated carbocycles. The van der Waals surface area contributed by atoms with Crippen LogP contribution in [0.4, 0.5) is 5.69 Å². The molecule has 2 N–H and O–H groups in total. The molecule has 23 heavy (non-hydrogen) atoms. The molecule has 0 radical (unpaired) electrons. The molecule has 2 rings (SSSR count). The normalized spacial score (nSPS) is 22.4. The van der Waals surface area contributed by atoms with E-state index in [1.165, 1.54) is 10.9 Å². The number of aliphatic hydroxyl groups is 1. The Kier molecular flexibility index (Phi) is 5.35. The van der Waals surface area contributed by atoms with Crippen LogP contribution in [-0.2, 0) is 10.3 Å². The van der Waals surface area contributed by atoms with Gasteiger partial charge in [0, 0.05) is 18.6 Å². The third-order valence-electron chi connectivity index (χ3n) is 4.62. The molecule has 0 saturated heterocycles. The van der Waals surface area contributed by atoms with Gasteiger partial charge in [-0.2, -0.15) is 5.10 Å². The van der Waals surface area contributed by atoms with Crippen LogP contribution in [0.2, 0.25) is 0 Å². The summed E-state index contributed by atoms with van der Waals surface area (Å²) in [7, 11) is 0. The van der Waals surface area contributed by atoms with Crippen LogP contribution >= 0.6 is 0 Å². The zero-order valence-electron chi connectivity index (χ0n) is 13.6. The molecule has 0 aromatic carbocycles. The molecular weight excluding hydrogens is 300 g/mol. The molecule has 128 valence electrons. The monoisotopic (exact) mass is 324 g/mol. The van der Waals surface area contributed by atoms with Crippen LogP contribution in [0, 0.1) is 16.0 Å². The van der Waals surface area contributed by atoms with Crippen molar-refractivity contribution < 1.29 is 14.8 Å². The van der Waals surface area contributed by atoms with Crippen LogP contribution < -0.4 is 5.32 Å². The lowest BCUT2D eigenvalue weighted by molar-refractivity contribution is -0.385. The largest absolute Gasteiger partial charge is 0.396 e. The van der Waals surface area contributed by atoms with Crippen molar-refractivity contribution in [3.8, 4) is 0 Å². The lowest BCUT2D eigenvalue weighted by Gasteiger charge is -2.30. The van der Waals surface area contributed by atoms with Crippen LogP contribution in [-0.4, -0.2) is 38.4 Å². The molecule has 1 aromatic rings. The lowest BCUT2D eigenvalue weighted by Crippen LogP contribution is -2.50. The topological polar surface area (TPSA) is 110 Å². The summed E-state index contributed by atoms with van der Waals surface area (Å²) in [5.74, 6) is -0.190. The van der Waals surface area contributed by atoms with Gasteiger partial charge in [0.15, 0.2) is 0 Å². The Balaban J connectivity index is 2.11. The number of amides is 1. The maximum Gasteiger partial charge on any atom is 0.307 e. The molecule has 1 aliphatic carbocycles. The second-order valence-corrected chi connectivity index (χ2v) is 6.62. The van der Waals surface area contributed by atoms with Gasteiger partial charge in [-0.3, -0.25) is 19.6 Å². The van der Waals surface area contributed by atoms with Crippen LogP contribution in [0.1, 0.15) is 46.0 Å². The molecule has 1 aliphatic rings. The zero-order chi connectivity index (χ0) is 17.0. The minimum atomic E-state index is -1.04. The van der Waals surface area contributed by atoms with Gasteiger partial charge in [0.1, 0.15) is 17.9 Å². The van der Waals surface area contributed by atoms with Gasteiger partial charge < -0.3 is 10.4 Å². The highest BCUT2D eigenvalue weighted by Crippen LogP contribution is 2.25. The number of nitro groups is 1. The molecule has 2 atom stereocenters. The van der Waals surface area contributed by atoms with Crippen molar-refractivity contribution in [2.24, 2.45) is 5.92 Å². The molecule has 0 bridgehead atoms. The van der Waals surface area contributed by atoms with Crippen molar-refractivity contribution in [2.45, 2.75) is 57.5 Å². The van der Waals surface area contributed by atoms with Crippen LogP contribution in [0.25, 0.3) is 0 Å². The quantitative estimate of drug-likeness (QED) is 0.485. The van der Waals surface area contributed by atoms with E-state index in [0.717, 1.165) is 38.3 Å². The minimum absolute atomic E-state index is 0.0542. The number of carbonyl (C=O) groups is 1. The van der Waals surface area contributed by atoms with Crippen LogP contribution in [0.5, 0.6) is 0 Å². The third-order valence-corrected chi connectivity index (χ3v) is 4.62. The Hall–Kier alpha value is -1.96. The number of rotatable bonds is 5. The van der Waals surface area contributed by atoms with Crippen molar-refractivity contribution in [1.82, 2.24) is 15.1 Å². The average molecular weight is 324 g/mol. The van der Waals surface area contributed by atoms with E-state index in [9.17, 15) is 20.0 Å². The number of aliphatic hydroxyl groups excluding tert-OH is 1. The summed E-state index contributed by atoms with van der Waals surface area (Å²) in [6.45, 7) is 3.39. The predicted molar refractivity (Wildman–Crippen MR) is 83.8 cm³/mol. The second-order valence-electron chi connectivity index (χ2n) is 6.62. The third kappa shape index (κ3) is 3.87. The number of aromatic nitrogens is 2. The molecular formula is C15H24N4O4. The van der Waals surface area contributed by atoms with Crippen molar-refractivity contribution in [3.05, 3.63) is 22.5 Å². The Morgan fingerprint density at radius 3 is 2.78 bits per heavy atom. The van der Waals surface area contributed by atoms with Crippen molar-refractivity contribution >= 4 is 11.6 Å². The van der Waals surface area contributed by atoms with Gasteiger partial charge in [0.2, 0.25) is 5.91 Å². The first kappa shape index (κ1) is 17.4. The van der Waals surface area contributed by atoms with Crippen molar-refractivity contribution in [1.29, 1.82) is 0 Å². The molecule has 0 aliphatic heterocycles. The smallest absolute Gasteiger partial charge is 0.307 e. The summed E-state index contributed by atoms with van der Waals surface area (Å²) < 4.78 is 1.31. The first-order valence-corrected chi connectivity index (χ1v) is 7.97. The Morgan fingerprint density at radius 2 is 2.17 bits per heavy atom. The Bertz CT molecular complexity index is 570. The SMILES string of the molecule is CC(C)(C(=O)NC1CCCCCC1CO)n1cc([N+](=O)[O-])cn1. The highest BCUT2D eigenvalue weighted by Gasteiger charge is 2.35. The fourth-order valence-electron chi connectivity index (χ4n) is 2.96. The summed E-state index contributed by atoms with van der Waals surface area (Å²) in [6.07, 6.45) is 7.33. The van der Waals surface area contributed by atoms with E-state index < -0.39 is 10.5 Å². The highest BCUT2D eigenvalue weighted by molar-refractivity contribution is 5.83. The van der Waals surface area contributed by atoms with E-state index in [1.54, 1.807) is 13.8 Å². The van der Waals surface area contributed by atoms with E-state index in [4.69, 9.17) is 0 Å². The van der Waals surface area contributed by atoms with Gasteiger partial charge in [-0.25, -0.2) is 0 Å². The maximum atomic E-state index is 12.7. The van der Waals surface area contributed by atoms with Gasteiger partial charge in [0.05, 0.1) is 4.92 Å². The Labute approximate surface area is 135 Å². The number of carbonyl (C=O) groups excluding carboxylic acids is 1. The number of hydrogen-bond donors (Lipinski definition) is 2. The van der Waals surface area contributed by atoms with Crippen LogP contribution in [0.15, 0.2) is 12.4 Å². The van der Waals surface area contributed by atoms with Gasteiger partial charge >= 0.3 is 5.69 Å². The predicted octanol–water partition coefficient (Wildman–Crippen LogP) is 1.58. The highest BCUT2D eigenvalue weighted by atomic mass is 16.6. The number of nitrogens with zero attached hydrogens (tertiary/aromatic N) is 3.